The van der Waals surface area contributed by atoms with Gasteiger partial charge < -0.3 is 14.8 Å². The van der Waals surface area contributed by atoms with Crippen LogP contribution in [0.5, 0.6) is 0 Å². The van der Waals surface area contributed by atoms with Crippen molar-refractivity contribution >= 4 is 11.8 Å². The van der Waals surface area contributed by atoms with E-state index in [1.165, 1.54) is 0 Å². The molecular weight excluding hydrogens is 318 g/mol. The zero-order chi connectivity index (χ0) is 17.6. The first-order valence-corrected chi connectivity index (χ1v) is 8.54. The molecule has 1 unspecified atom stereocenters. The summed E-state index contributed by atoms with van der Waals surface area (Å²) in [7, 11) is 1.78. The summed E-state index contributed by atoms with van der Waals surface area (Å²) >= 11 is 0. The fourth-order valence-electron chi connectivity index (χ4n) is 3.13. The lowest BCUT2D eigenvalue weighted by Crippen LogP contribution is -2.46. The van der Waals surface area contributed by atoms with Crippen LogP contribution in [0.2, 0.25) is 0 Å². The Labute approximate surface area is 147 Å². The molecule has 0 bridgehead atoms. The molecule has 1 N–H and O–H groups in total. The van der Waals surface area contributed by atoms with Crippen molar-refractivity contribution < 1.29 is 9.59 Å². The highest BCUT2D eigenvalue weighted by atomic mass is 16.2. The van der Waals surface area contributed by atoms with Gasteiger partial charge in [-0.3, -0.25) is 14.6 Å². The highest BCUT2D eigenvalue weighted by Crippen LogP contribution is 2.20. The van der Waals surface area contributed by atoms with Crippen LogP contribution in [0.1, 0.15) is 24.4 Å². The molecule has 2 amide bonds. The summed E-state index contributed by atoms with van der Waals surface area (Å²) in [5.74, 6) is 0.788. The minimum atomic E-state index is -0.151. The number of nitrogens with one attached hydrogen (secondary N) is 1. The Bertz CT molecular complexity index is 702. The van der Waals surface area contributed by atoms with Crippen LogP contribution in [0, 0.1) is 5.92 Å². The van der Waals surface area contributed by atoms with E-state index in [1.807, 2.05) is 18.2 Å². The van der Waals surface area contributed by atoms with Gasteiger partial charge in [-0.2, -0.15) is 0 Å². The quantitative estimate of drug-likeness (QED) is 0.857. The average molecular weight is 341 g/mol. The van der Waals surface area contributed by atoms with Gasteiger partial charge in [-0.05, 0) is 18.6 Å². The Morgan fingerprint density at radius 3 is 2.96 bits per heavy atom. The molecule has 1 atom stereocenters. The second-order valence-corrected chi connectivity index (χ2v) is 6.38. The fraction of sp³-hybridized carbons (Fsp3) is 0.444. The highest BCUT2D eigenvalue weighted by molar-refractivity contribution is 5.83. The van der Waals surface area contributed by atoms with Crippen LogP contribution in [-0.2, 0) is 22.6 Å². The monoisotopic (exact) mass is 341 g/mol. The maximum Gasteiger partial charge on any atom is 0.227 e. The number of aromatic nitrogens is 3. The Morgan fingerprint density at radius 1 is 1.36 bits per heavy atom. The Hall–Kier alpha value is -2.70. The molecule has 7 heteroatoms. The molecule has 3 heterocycles. The number of nitrogens with zero attached hydrogens (tertiary/aromatic N) is 4. The van der Waals surface area contributed by atoms with Crippen molar-refractivity contribution in [3.63, 3.8) is 0 Å². The maximum atomic E-state index is 12.7. The number of hydrogen-bond donors (Lipinski definition) is 1. The van der Waals surface area contributed by atoms with Crippen LogP contribution >= 0.6 is 0 Å². The topological polar surface area (TPSA) is 82.2 Å². The maximum absolute atomic E-state index is 12.7. The molecule has 0 spiro atoms. The molecule has 1 fully saturated rings. The number of hydrogen-bond acceptors (Lipinski definition) is 4. The number of aromatic amines is 1. The van der Waals surface area contributed by atoms with Crippen molar-refractivity contribution in [2.45, 2.75) is 25.8 Å². The van der Waals surface area contributed by atoms with Crippen molar-refractivity contribution in [3.05, 3.63) is 48.3 Å². The molecular formula is C18H23N5O2. The normalized spacial score (nSPS) is 17.6. The molecule has 0 radical (unpaired) electrons. The van der Waals surface area contributed by atoms with Gasteiger partial charge in [0.2, 0.25) is 11.8 Å². The molecule has 132 valence electrons. The largest absolute Gasteiger partial charge is 0.347 e. The Balaban J connectivity index is 1.55. The zero-order valence-electron chi connectivity index (χ0n) is 14.4. The number of likely N-dealkylation sites (tertiary alicyclic amines) is 1. The van der Waals surface area contributed by atoms with Crippen LogP contribution in [0.3, 0.4) is 0 Å². The van der Waals surface area contributed by atoms with E-state index in [0.717, 1.165) is 11.5 Å². The molecule has 0 saturated carbocycles. The van der Waals surface area contributed by atoms with E-state index in [-0.39, 0.29) is 17.7 Å². The van der Waals surface area contributed by atoms with Crippen LogP contribution in [-0.4, -0.2) is 56.7 Å². The molecule has 0 aliphatic carbocycles. The molecule has 3 rings (SSSR count). The van der Waals surface area contributed by atoms with Gasteiger partial charge in [-0.15, -0.1) is 0 Å². The molecule has 1 saturated heterocycles. The molecule has 25 heavy (non-hydrogen) atoms. The highest BCUT2D eigenvalue weighted by Gasteiger charge is 2.31. The first-order valence-electron chi connectivity index (χ1n) is 8.54. The van der Waals surface area contributed by atoms with Gasteiger partial charge >= 0.3 is 0 Å². The van der Waals surface area contributed by atoms with Crippen molar-refractivity contribution in [2.24, 2.45) is 5.92 Å². The molecule has 1 aliphatic rings. The van der Waals surface area contributed by atoms with Gasteiger partial charge in [-0.1, -0.05) is 6.07 Å². The van der Waals surface area contributed by atoms with Crippen molar-refractivity contribution in [2.75, 3.05) is 20.1 Å². The number of pyridine rings is 1. The van der Waals surface area contributed by atoms with Crippen LogP contribution in [0.25, 0.3) is 0 Å². The summed E-state index contributed by atoms with van der Waals surface area (Å²) in [5.41, 5.74) is 0.957. The van der Waals surface area contributed by atoms with Gasteiger partial charge in [0.25, 0.3) is 0 Å². The standard InChI is InChI=1S/C18H23N5O2/c1-22(13-16-20-9-10-21-16)18(25)14-5-6-17(24)23(12-14)11-7-15-4-2-3-8-19-15/h2-4,8-10,14H,5-7,11-13H2,1H3,(H,20,21). The first-order chi connectivity index (χ1) is 12.1. The van der Waals surface area contributed by atoms with Gasteiger partial charge in [-0.25, -0.2) is 4.98 Å². The third kappa shape index (κ3) is 4.43. The van der Waals surface area contributed by atoms with E-state index in [0.29, 0.717) is 38.9 Å². The number of carbonyl (C=O) groups is 2. The predicted molar refractivity (Wildman–Crippen MR) is 92.3 cm³/mol. The zero-order valence-corrected chi connectivity index (χ0v) is 14.4. The summed E-state index contributed by atoms with van der Waals surface area (Å²) in [6, 6.07) is 5.77. The van der Waals surface area contributed by atoms with E-state index < -0.39 is 0 Å². The number of rotatable bonds is 6. The Kier molecular flexibility index (Phi) is 5.42. The lowest BCUT2D eigenvalue weighted by Gasteiger charge is -2.33. The van der Waals surface area contributed by atoms with Crippen molar-refractivity contribution in [1.82, 2.24) is 24.8 Å². The number of H-pyrrole nitrogens is 1. The number of piperidine rings is 1. The summed E-state index contributed by atoms with van der Waals surface area (Å²) in [4.78, 5) is 39.8. The van der Waals surface area contributed by atoms with E-state index in [2.05, 4.69) is 15.0 Å². The van der Waals surface area contributed by atoms with Crippen LogP contribution < -0.4 is 0 Å². The minimum Gasteiger partial charge on any atom is -0.347 e. The van der Waals surface area contributed by atoms with Crippen molar-refractivity contribution in [1.29, 1.82) is 0 Å². The third-order valence-corrected chi connectivity index (χ3v) is 4.53. The van der Waals surface area contributed by atoms with E-state index in [9.17, 15) is 9.59 Å². The van der Waals surface area contributed by atoms with Gasteiger partial charge in [0.1, 0.15) is 5.82 Å². The minimum absolute atomic E-state index is 0.0618. The second-order valence-electron chi connectivity index (χ2n) is 6.38. The lowest BCUT2D eigenvalue weighted by molar-refractivity contribution is -0.142. The summed E-state index contributed by atoms with van der Waals surface area (Å²) < 4.78 is 0. The molecule has 2 aromatic heterocycles. The van der Waals surface area contributed by atoms with Gasteiger partial charge in [0, 0.05) is 57.3 Å². The fourth-order valence-corrected chi connectivity index (χ4v) is 3.13. The number of amides is 2. The van der Waals surface area contributed by atoms with Gasteiger partial charge in [0.05, 0.1) is 12.5 Å². The van der Waals surface area contributed by atoms with E-state index in [4.69, 9.17) is 0 Å². The average Bonchev–Trinajstić information content (AvgIpc) is 3.14. The molecule has 1 aliphatic heterocycles. The number of imidazole rings is 1. The summed E-state index contributed by atoms with van der Waals surface area (Å²) in [6.45, 7) is 1.53. The smallest absolute Gasteiger partial charge is 0.227 e. The molecule has 7 nitrogen and oxygen atoms in total. The first kappa shape index (κ1) is 17.1. The second kappa shape index (κ2) is 7.92. The van der Waals surface area contributed by atoms with E-state index in [1.54, 1.807) is 35.4 Å². The lowest BCUT2D eigenvalue weighted by atomic mass is 9.96. The summed E-state index contributed by atoms with van der Waals surface area (Å²) in [6.07, 6.45) is 6.91. The van der Waals surface area contributed by atoms with Crippen LogP contribution in [0.15, 0.2) is 36.8 Å². The molecule has 2 aromatic rings. The van der Waals surface area contributed by atoms with Crippen LogP contribution in [0.4, 0.5) is 0 Å². The summed E-state index contributed by atoms with van der Waals surface area (Å²) in [5, 5.41) is 0. The third-order valence-electron chi connectivity index (χ3n) is 4.53. The number of carbonyl (C=O) groups excluding carboxylic acids is 2. The molecule has 0 aromatic carbocycles. The Morgan fingerprint density at radius 2 is 2.24 bits per heavy atom. The predicted octanol–water partition coefficient (Wildman–Crippen LogP) is 1.24. The van der Waals surface area contributed by atoms with Crippen molar-refractivity contribution in [3.8, 4) is 0 Å². The van der Waals surface area contributed by atoms with E-state index >= 15 is 0 Å². The SMILES string of the molecule is CN(Cc1ncc[nH]1)C(=O)C1CCC(=O)N(CCc2ccccn2)C1. The van der Waals surface area contributed by atoms with Gasteiger partial charge in [0.15, 0.2) is 0 Å².